The summed E-state index contributed by atoms with van der Waals surface area (Å²) in [4.78, 5) is 142. The number of primary amides is 1. The lowest BCUT2D eigenvalue weighted by Gasteiger charge is -2.43. The Kier molecular flexibility index (Phi) is 25.0. The molecule has 2 bridgehead atoms. The van der Waals surface area contributed by atoms with Crippen molar-refractivity contribution in [2.75, 3.05) is 20.8 Å². The molecule has 1 aromatic carbocycles. The van der Waals surface area contributed by atoms with Gasteiger partial charge in [0, 0.05) is 19.9 Å². The van der Waals surface area contributed by atoms with Gasteiger partial charge in [0.05, 0.1) is 19.8 Å². The fourth-order valence-electron chi connectivity index (χ4n) is 9.07. The number of benzene rings is 1. The summed E-state index contributed by atoms with van der Waals surface area (Å²) in [6.07, 6.45) is -7.51. The fourth-order valence-corrected chi connectivity index (χ4v) is 9.07. The van der Waals surface area contributed by atoms with Gasteiger partial charge in [-0.15, -0.1) is 0 Å². The first-order valence-corrected chi connectivity index (χ1v) is 25.8. The predicted molar refractivity (Wildman–Crippen MR) is 272 cm³/mol. The summed E-state index contributed by atoms with van der Waals surface area (Å²) in [5.74, 6) is -10.7. The number of nitrogens with one attached hydrogen (secondary N) is 6. The fraction of sp³-hybridized carbons (Fsp3) is 0.686. The Balaban J connectivity index is 2.27. The van der Waals surface area contributed by atoms with Crippen molar-refractivity contribution in [3.05, 3.63) is 29.8 Å². The van der Waals surface area contributed by atoms with Crippen molar-refractivity contribution in [2.45, 2.75) is 186 Å². The van der Waals surface area contributed by atoms with Crippen LogP contribution in [0.5, 0.6) is 5.75 Å². The largest absolute Gasteiger partial charge is 0.497 e. The van der Waals surface area contributed by atoms with Gasteiger partial charge >= 0.3 is 5.97 Å². The summed E-state index contributed by atoms with van der Waals surface area (Å²) in [7, 11) is 2.73. The van der Waals surface area contributed by atoms with Crippen LogP contribution in [0.3, 0.4) is 0 Å². The van der Waals surface area contributed by atoms with Crippen LogP contribution in [-0.4, -0.2) is 183 Å². The van der Waals surface area contributed by atoms with Gasteiger partial charge in [-0.05, 0) is 87.8 Å². The second-order valence-electron chi connectivity index (χ2n) is 20.6. The van der Waals surface area contributed by atoms with E-state index in [1.54, 1.807) is 58.9 Å². The molecule has 2 aliphatic rings. The van der Waals surface area contributed by atoms with E-state index in [0.717, 1.165) is 9.80 Å². The van der Waals surface area contributed by atoms with Gasteiger partial charge < -0.3 is 77.3 Å². The number of nitrogens with zero attached hydrogens (tertiary/aromatic N) is 2. The van der Waals surface area contributed by atoms with Crippen LogP contribution in [-0.2, 0) is 59.1 Å². The van der Waals surface area contributed by atoms with Gasteiger partial charge in [-0.2, -0.15) is 0 Å². The Bertz CT molecular complexity index is 2200. The molecule has 1 aromatic rings. The molecule has 76 heavy (non-hydrogen) atoms. The van der Waals surface area contributed by atoms with E-state index in [-0.39, 0.29) is 43.9 Å². The Labute approximate surface area is 443 Å². The minimum atomic E-state index is -1.90. The molecule has 9 amide bonds. The number of carbonyl (C=O) groups excluding carboxylic acids is 10. The summed E-state index contributed by atoms with van der Waals surface area (Å²) < 4.78 is 11.3. The summed E-state index contributed by atoms with van der Waals surface area (Å²) in [6, 6.07) is -6.04. The van der Waals surface area contributed by atoms with Gasteiger partial charge in [0.25, 0.3) is 5.91 Å². The zero-order chi connectivity index (χ0) is 57.3. The lowest BCUT2D eigenvalue weighted by atomic mass is 9.95. The van der Waals surface area contributed by atoms with E-state index in [1.165, 1.54) is 28.0 Å². The third-order valence-corrected chi connectivity index (χ3v) is 13.3. The van der Waals surface area contributed by atoms with Crippen LogP contribution in [0.2, 0.25) is 0 Å². The maximum absolute atomic E-state index is 14.8. The molecular formula is C51H81N9O16. The van der Waals surface area contributed by atoms with Crippen molar-refractivity contribution in [2.24, 2.45) is 23.5 Å². The molecule has 3 unspecified atom stereocenters. The number of nitrogens with two attached hydrogens (primary N) is 1. The normalized spacial score (nSPS) is 25.3. The summed E-state index contributed by atoms with van der Waals surface area (Å²) >= 11 is 0. The molecule has 2 heterocycles. The van der Waals surface area contributed by atoms with Crippen molar-refractivity contribution in [3.8, 4) is 5.75 Å². The Morgan fingerprint density at radius 3 is 2.01 bits per heavy atom. The number of aliphatic hydroxyl groups is 4. The van der Waals surface area contributed by atoms with E-state index in [9.17, 15) is 68.4 Å². The number of fused-ring (bicyclic) bond motifs is 2. The van der Waals surface area contributed by atoms with Gasteiger partial charge in [-0.25, -0.2) is 4.79 Å². The number of likely N-dealkylation sites (N-methyl/N-ethyl adjacent to an activating group) is 1. The van der Waals surface area contributed by atoms with E-state index < -0.39 is 157 Å². The maximum atomic E-state index is 14.8. The Morgan fingerprint density at radius 1 is 0.829 bits per heavy atom. The number of methoxy groups -OCH3 is 1. The number of hydrogen-bond donors (Lipinski definition) is 11. The highest BCUT2D eigenvalue weighted by Gasteiger charge is 2.47. The van der Waals surface area contributed by atoms with E-state index in [1.807, 2.05) is 6.92 Å². The van der Waals surface area contributed by atoms with Crippen molar-refractivity contribution in [1.82, 2.24) is 41.7 Å². The molecule has 2 fully saturated rings. The topological polar surface area (TPSA) is 375 Å². The monoisotopic (exact) mass is 1080 g/mol. The Hall–Kier alpha value is -6.44. The van der Waals surface area contributed by atoms with Gasteiger partial charge in [-0.1, -0.05) is 60.1 Å². The minimum absolute atomic E-state index is 0.0214. The van der Waals surface area contributed by atoms with Crippen LogP contribution in [0.15, 0.2) is 24.3 Å². The zero-order valence-corrected chi connectivity index (χ0v) is 45.2. The number of rotatable bonds is 21. The van der Waals surface area contributed by atoms with Crippen molar-refractivity contribution < 1.29 is 77.8 Å². The third-order valence-electron chi connectivity index (χ3n) is 13.3. The SMILES string of the molecule is CCC[C@H](C)[C@@H]1NC(=O)[C@H](Cc2ccc(OC)cc2)N(C)C(=O)C([C@H](C)O)N2C(=O)[C@H](CC[C@H]2O)NC(=O)C(CC(C)C)NC(=O)C(NC(=O)[C@H](CCC(N)=O)NC(=O)[C@H](CC(C)C)NC(=O)[C@@H](O)CO)[C@@H](C)OC1=O. The standard InChI is InChI=1S/C51H81N9O16/c1-11-12-27(6)40-51(74)76-29(8)41(58-43(66)32(17-19-38(52)64)53-44(67)34(21-25(2)3)55-47(70)37(63)24-61)48(71)56-35(22-26(4)5)45(68)54-33-18-20-39(65)60(49(33)72)42(28(7)62)50(73)59(9)36(46(69)57-40)23-30-13-15-31(75-10)16-14-30/h13-16,25-29,32-37,39-42,61-63,65H,11-12,17-24H2,1-10H3,(H2,52,64)(H,53,67)(H,54,68)(H,55,70)(H,56,71)(H,57,69)(H,58,66)/t27-,28-,29+,32-,33-,34-,35?,36-,37-,39+,40-,41?,42?/m0/s1. The summed E-state index contributed by atoms with van der Waals surface area (Å²) in [5.41, 5.74) is 5.97. The van der Waals surface area contributed by atoms with Gasteiger partial charge in [0.15, 0.2) is 6.10 Å². The molecule has 12 N–H and O–H groups in total. The number of esters is 1. The number of hydrogen-bond acceptors (Lipinski definition) is 16. The summed E-state index contributed by atoms with van der Waals surface area (Å²) in [5, 5.41) is 57.1. The molecule has 25 heteroatoms. The molecular weight excluding hydrogens is 995 g/mol. The van der Waals surface area contributed by atoms with E-state index in [0.29, 0.717) is 24.2 Å². The first-order valence-electron chi connectivity index (χ1n) is 25.8. The van der Waals surface area contributed by atoms with Crippen LogP contribution in [0.25, 0.3) is 0 Å². The quantitative estimate of drug-likeness (QED) is 0.0580. The van der Waals surface area contributed by atoms with Crippen LogP contribution < -0.4 is 42.4 Å². The number of aliphatic hydroxyl groups excluding tert-OH is 4. The average Bonchev–Trinajstić information content (AvgIpc) is 3.35. The Morgan fingerprint density at radius 2 is 1.46 bits per heavy atom. The average molecular weight is 1080 g/mol. The van der Waals surface area contributed by atoms with Crippen LogP contribution in [0.4, 0.5) is 0 Å². The molecule has 13 atom stereocenters. The molecule has 0 spiro atoms. The second-order valence-corrected chi connectivity index (χ2v) is 20.6. The number of cyclic esters (lactones) is 1. The molecule has 0 aromatic heterocycles. The molecule has 2 saturated heterocycles. The summed E-state index contributed by atoms with van der Waals surface area (Å²) in [6.45, 7) is 11.9. The lowest BCUT2D eigenvalue weighted by molar-refractivity contribution is -0.170. The zero-order valence-electron chi connectivity index (χ0n) is 45.2. The molecule has 426 valence electrons. The molecule has 0 saturated carbocycles. The van der Waals surface area contributed by atoms with Crippen LogP contribution >= 0.6 is 0 Å². The number of ether oxygens (including phenoxy) is 2. The number of carbonyl (C=O) groups is 10. The van der Waals surface area contributed by atoms with Crippen LogP contribution in [0.1, 0.15) is 112 Å². The van der Waals surface area contributed by atoms with Crippen molar-refractivity contribution >= 4 is 59.1 Å². The van der Waals surface area contributed by atoms with E-state index >= 15 is 0 Å². The first kappa shape index (κ1) is 63.8. The molecule has 2 aliphatic heterocycles. The van der Waals surface area contributed by atoms with Crippen LogP contribution in [0, 0.1) is 17.8 Å². The van der Waals surface area contributed by atoms with E-state index in [4.69, 9.17) is 15.2 Å². The third kappa shape index (κ3) is 18.1. The maximum Gasteiger partial charge on any atom is 0.329 e. The minimum Gasteiger partial charge on any atom is -0.497 e. The highest BCUT2D eigenvalue weighted by molar-refractivity contribution is 5.99. The number of piperidine rings is 1. The molecule has 25 nitrogen and oxygen atoms in total. The molecule has 0 aliphatic carbocycles. The predicted octanol–water partition coefficient (Wildman–Crippen LogP) is -2.24. The van der Waals surface area contributed by atoms with Crippen molar-refractivity contribution in [1.29, 1.82) is 0 Å². The van der Waals surface area contributed by atoms with Crippen molar-refractivity contribution in [3.63, 3.8) is 0 Å². The smallest absolute Gasteiger partial charge is 0.329 e. The van der Waals surface area contributed by atoms with E-state index in [2.05, 4.69) is 31.9 Å². The lowest BCUT2D eigenvalue weighted by Crippen LogP contribution is -2.67. The van der Waals surface area contributed by atoms with Gasteiger partial charge in [0.2, 0.25) is 47.3 Å². The second kappa shape index (κ2) is 29.8. The highest BCUT2D eigenvalue weighted by Crippen LogP contribution is 2.26. The van der Waals surface area contributed by atoms with Gasteiger partial charge in [0.1, 0.15) is 66.4 Å². The first-order chi connectivity index (χ1) is 35.6. The van der Waals surface area contributed by atoms with Gasteiger partial charge in [-0.3, -0.25) is 43.2 Å². The molecule has 0 radical (unpaired) electrons. The highest BCUT2D eigenvalue weighted by atomic mass is 16.5. The molecule has 3 rings (SSSR count). The number of amides is 9.